The molecule has 5 aliphatic rings. The van der Waals surface area contributed by atoms with Gasteiger partial charge in [0.2, 0.25) is 11.8 Å². The molecule has 0 aromatic heterocycles. The van der Waals surface area contributed by atoms with Crippen LogP contribution in [0.15, 0.2) is 72.3 Å². The van der Waals surface area contributed by atoms with Crippen LogP contribution in [-0.2, 0) is 39.7 Å². The number of esters is 1. The van der Waals surface area contributed by atoms with Gasteiger partial charge in [-0.15, -0.1) is 0 Å². The zero-order chi connectivity index (χ0) is 40.3. The summed E-state index contributed by atoms with van der Waals surface area (Å²) in [6.07, 6.45) is -0.239. The predicted octanol–water partition coefficient (Wildman–Crippen LogP) is 0.850. The highest BCUT2D eigenvalue weighted by atomic mass is 16.8. The molecule has 0 radical (unpaired) electrons. The highest BCUT2D eigenvalue weighted by molar-refractivity contribution is 5.98. The summed E-state index contributed by atoms with van der Waals surface area (Å²) in [5.74, 6) is -1.88. The van der Waals surface area contributed by atoms with Crippen LogP contribution >= 0.6 is 0 Å². The molecule has 15 heteroatoms. The van der Waals surface area contributed by atoms with Crippen LogP contribution in [0.1, 0.15) is 53.6 Å². The van der Waals surface area contributed by atoms with Crippen LogP contribution < -0.4 is 5.32 Å². The number of aliphatic hydroxyl groups is 5. The quantitative estimate of drug-likeness (QED) is 0.130. The normalized spacial score (nSPS) is 30.0. The maximum Gasteiger partial charge on any atom is 0.339 e. The van der Waals surface area contributed by atoms with Gasteiger partial charge >= 0.3 is 5.97 Å². The molecule has 2 aromatic carbocycles. The van der Waals surface area contributed by atoms with Gasteiger partial charge in [0.1, 0.15) is 48.8 Å². The van der Waals surface area contributed by atoms with E-state index in [-0.39, 0.29) is 50.0 Å². The largest absolute Gasteiger partial charge is 0.456 e. The lowest BCUT2D eigenvalue weighted by molar-refractivity contribution is -0.298. The lowest BCUT2D eigenvalue weighted by Gasteiger charge is -2.39. The number of aliphatic hydroxyl groups excluding tert-OH is 5. The number of nitrogens with one attached hydrogen (secondary N) is 1. The van der Waals surface area contributed by atoms with Crippen molar-refractivity contribution in [2.75, 3.05) is 33.4 Å². The number of fused-ring (bicyclic) bond motifs is 1. The number of benzene rings is 2. The fraction of sp³-hybridized carbons (Fsp3) is 0.548. The first-order valence-corrected chi connectivity index (χ1v) is 19.7. The van der Waals surface area contributed by atoms with E-state index in [2.05, 4.69) is 5.32 Å². The Kier molecular flexibility index (Phi) is 12.9. The Balaban J connectivity index is 1.09. The molecule has 308 valence electrons. The lowest BCUT2D eigenvalue weighted by Crippen LogP contribution is -2.59. The summed E-state index contributed by atoms with van der Waals surface area (Å²) < 4.78 is 30.8. The molecule has 57 heavy (non-hydrogen) atoms. The fourth-order valence-corrected chi connectivity index (χ4v) is 8.03. The number of hydrogen-bond acceptors (Lipinski definition) is 13. The Morgan fingerprint density at radius 2 is 1.65 bits per heavy atom. The topological polar surface area (TPSA) is 214 Å². The zero-order valence-corrected chi connectivity index (χ0v) is 31.8. The molecule has 3 aliphatic carbocycles. The second-order valence-electron chi connectivity index (χ2n) is 15.4. The van der Waals surface area contributed by atoms with Gasteiger partial charge in [0, 0.05) is 43.8 Å². The Morgan fingerprint density at radius 1 is 0.947 bits per heavy atom. The van der Waals surface area contributed by atoms with Crippen molar-refractivity contribution in [2.45, 2.75) is 99.4 Å². The number of hydrogen-bond donors (Lipinski definition) is 6. The van der Waals surface area contributed by atoms with Crippen LogP contribution in [0.3, 0.4) is 0 Å². The summed E-state index contributed by atoms with van der Waals surface area (Å²) in [5.41, 5.74) is 1.90. The summed E-state index contributed by atoms with van der Waals surface area (Å²) in [7, 11) is 1.57. The fourth-order valence-electron chi connectivity index (χ4n) is 8.03. The summed E-state index contributed by atoms with van der Waals surface area (Å²) in [4.78, 5) is 43.2. The third-order valence-corrected chi connectivity index (χ3v) is 11.4. The van der Waals surface area contributed by atoms with Crippen molar-refractivity contribution in [1.29, 1.82) is 0 Å². The first-order chi connectivity index (χ1) is 27.5. The Bertz CT molecular complexity index is 1780. The van der Waals surface area contributed by atoms with E-state index in [9.17, 15) is 39.9 Å². The van der Waals surface area contributed by atoms with Gasteiger partial charge in [-0.1, -0.05) is 60.7 Å². The second kappa shape index (κ2) is 17.9. The molecule has 2 aliphatic heterocycles. The molecule has 6 N–H and O–H groups in total. The molecule has 2 saturated carbocycles. The predicted molar refractivity (Wildman–Crippen MR) is 202 cm³/mol. The maximum atomic E-state index is 14.4. The molecule has 9 unspecified atom stereocenters. The minimum absolute atomic E-state index is 0.0200. The number of carbonyl (C=O) groups is 3. The highest BCUT2D eigenvalue weighted by Gasteiger charge is 2.64. The van der Waals surface area contributed by atoms with Gasteiger partial charge in [-0.05, 0) is 49.0 Å². The first kappa shape index (κ1) is 41.1. The minimum atomic E-state index is -1.58. The van der Waals surface area contributed by atoms with Crippen LogP contribution in [0.25, 0.3) is 6.08 Å². The van der Waals surface area contributed by atoms with Gasteiger partial charge in [0.15, 0.2) is 12.1 Å². The smallest absolute Gasteiger partial charge is 0.339 e. The van der Waals surface area contributed by atoms with E-state index in [1.165, 1.54) is 4.90 Å². The molecule has 2 saturated heterocycles. The maximum absolute atomic E-state index is 14.4. The van der Waals surface area contributed by atoms with E-state index in [1.807, 2.05) is 30.3 Å². The van der Waals surface area contributed by atoms with Crippen molar-refractivity contribution in [1.82, 2.24) is 10.2 Å². The Morgan fingerprint density at radius 3 is 2.33 bits per heavy atom. The third-order valence-electron chi connectivity index (χ3n) is 11.4. The van der Waals surface area contributed by atoms with Crippen molar-refractivity contribution < 1.29 is 63.6 Å². The number of rotatable bonds is 16. The van der Waals surface area contributed by atoms with Crippen molar-refractivity contribution >= 4 is 23.9 Å². The number of nitrogens with zero attached hydrogens (tertiary/aromatic N) is 1. The minimum Gasteiger partial charge on any atom is -0.456 e. The standard InChI is InChI=1S/C42H52N2O13/c1-44(30(38(50)43-17-18-45)20-24-8-3-2-4-9-24)39(51)26-21-31(37-32(22-26)56-42(57-37,27-13-14-27)28-15-16-28)54-40(52)29-12-6-5-10-25(29)11-7-19-53-41-36(49)35(48)34(47)33(23-46)55-41/h2-12,22,27-28,30-37,41,45-49H,13-21,23H2,1H3,(H,43,50). The number of amides is 2. The zero-order valence-electron chi connectivity index (χ0n) is 31.8. The van der Waals surface area contributed by atoms with Crippen molar-refractivity contribution in [3.63, 3.8) is 0 Å². The summed E-state index contributed by atoms with van der Waals surface area (Å²) in [6, 6.07) is 15.2. The Hall–Kier alpha value is -4.03. The van der Waals surface area contributed by atoms with Crippen molar-refractivity contribution in [2.24, 2.45) is 11.8 Å². The van der Waals surface area contributed by atoms with E-state index < -0.39 is 85.2 Å². The lowest BCUT2D eigenvalue weighted by atomic mass is 9.90. The summed E-state index contributed by atoms with van der Waals surface area (Å²) in [5, 5.41) is 52.0. The van der Waals surface area contributed by atoms with Crippen LogP contribution in [-0.4, -0.2) is 142 Å². The molecule has 2 heterocycles. The van der Waals surface area contributed by atoms with Crippen molar-refractivity contribution in [3.8, 4) is 0 Å². The van der Waals surface area contributed by atoms with Gasteiger partial charge in [-0.2, -0.15) is 0 Å². The molecule has 7 rings (SSSR count). The average Bonchev–Trinajstić information content (AvgIpc) is 4.18. The van der Waals surface area contributed by atoms with Crippen LogP contribution in [0.5, 0.6) is 0 Å². The van der Waals surface area contributed by atoms with Crippen LogP contribution in [0.4, 0.5) is 0 Å². The van der Waals surface area contributed by atoms with Gasteiger partial charge in [0.05, 0.1) is 25.4 Å². The molecule has 2 amide bonds. The molecule has 0 spiro atoms. The molecule has 2 aromatic rings. The van der Waals surface area contributed by atoms with Crippen LogP contribution in [0.2, 0.25) is 0 Å². The SMILES string of the molecule is CN(C(=O)C1=CC2OC(C3CC3)(C3CC3)OC2C(OC(=O)c2ccccc2C=CCOC2OC(CO)C(O)C(O)C2O)C1)C(Cc1ccccc1)C(=O)NCCO. The van der Waals surface area contributed by atoms with Gasteiger partial charge in [-0.25, -0.2) is 4.79 Å². The summed E-state index contributed by atoms with van der Waals surface area (Å²) in [6.45, 7) is -0.911. The molecule has 4 fully saturated rings. The van der Waals surface area contributed by atoms with Gasteiger partial charge in [-0.3, -0.25) is 9.59 Å². The number of carbonyl (C=O) groups excluding carboxylic acids is 3. The average molecular weight is 793 g/mol. The first-order valence-electron chi connectivity index (χ1n) is 19.7. The Labute approximate surface area is 330 Å². The van der Waals surface area contributed by atoms with Crippen LogP contribution in [0, 0.1) is 11.8 Å². The summed E-state index contributed by atoms with van der Waals surface area (Å²) >= 11 is 0. The molecule has 0 bridgehead atoms. The van der Waals surface area contributed by atoms with Crippen molar-refractivity contribution in [3.05, 3.63) is 89.0 Å². The van der Waals surface area contributed by atoms with E-state index in [0.717, 1.165) is 31.2 Å². The third kappa shape index (κ3) is 9.02. The molecule has 15 nitrogen and oxygen atoms in total. The molecular formula is C42H52N2O13. The van der Waals surface area contributed by atoms with E-state index >= 15 is 0 Å². The van der Waals surface area contributed by atoms with E-state index in [0.29, 0.717) is 11.1 Å². The number of ether oxygens (including phenoxy) is 5. The highest BCUT2D eigenvalue weighted by Crippen LogP contribution is 2.59. The second-order valence-corrected chi connectivity index (χ2v) is 15.4. The van der Waals surface area contributed by atoms with Gasteiger partial charge < -0.3 is 59.4 Å². The monoisotopic (exact) mass is 792 g/mol. The number of likely N-dealkylation sites (N-methyl/N-ethyl adjacent to an activating group) is 1. The molecular weight excluding hydrogens is 740 g/mol. The van der Waals surface area contributed by atoms with E-state index in [4.69, 9.17) is 23.7 Å². The van der Waals surface area contributed by atoms with Gasteiger partial charge in [0.25, 0.3) is 0 Å². The van der Waals surface area contributed by atoms with E-state index in [1.54, 1.807) is 49.5 Å². The molecule has 9 atom stereocenters.